The van der Waals surface area contributed by atoms with Gasteiger partial charge >= 0.3 is 0 Å². The highest BCUT2D eigenvalue weighted by atomic mass is 79.9. The summed E-state index contributed by atoms with van der Waals surface area (Å²) in [6.07, 6.45) is 1.06. The largest absolute Gasteiger partial charge is 0.337 e. The fraction of sp³-hybridized carbons (Fsp3) is 0.500. The maximum absolute atomic E-state index is 12.4. The van der Waals surface area contributed by atoms with Gasteiger partial charge in [0.25, 0.3) is 5.91 Å². The van der Waals surface area contributed by atoms with Gasteiger partial charge in [-0.1, -0.05) is 15.9 Å². The second-order valence-electron chi connectivity index (χ2n) is 5.12. The summed E-state index contributed by atoms with van der Waals surface area (Å²) in [6.45, 7) is 3.68. The predicted molar refractivity (Wildman–Crippen MR) is 76.9 cm³/mol. The number of rotatable bonds is 2. The van der Waals surface area contributed by atoms with Crippen molar-refractivity contribution < 1.29 is 4.79 Å². The summed E-state index contributed by atoms with van der Waals surface area (Å²) in [5, 5.41) is 0. The molecular weight excluding hydrogens is 292 g/mol. The molecule has 18 heavy (non-hydrogen) atoms. The molecule has 4 heteroatoms. The smallest absolute Gasteiger partial charge is 0.254 e. The van der Waals surface area contributed by atoms with E-state index in [1.807, 2.05) is 30.0 Å². The van der Waals surface area contributed by atoms with E-state index >= 15 is 0 Å². The van der Waals surface area contributed by atoms with E-state index in [2.05, 4.69) is 34.9 Å². The quantitative estimate of drug-likeness (QED) is 0.838. The van der Waals surface area contributed by atoms with Crippen LogP contribution in [0, 0.1) is 6.92 Å². The lowest BCUT2D eigenvalue weighted by Gasteiger charge is -2.21. The normalized spacial score (nSPS) is 19.6. The van der Waals surface area contributed by atoms with Crippen molar-refractivity contribution in [1.82, 2.24) is 9.80 Å². The van der Waals surface area contributed by atoms with Gasteiger partial charge in [-0.15, -0.1) is 0 Å². The molecule has 2 rings (SSSR count). The maximum atomic E-state index is 12.4. The lowest BCUT2D eigenvalue weighted by molar-refractivity contribution is 0.0782. The number of halogens is 1. The van der Waals surface area contributed by atoms with Gasteiger partial charge in [-0.05, 0) is 51.2 Å². The Kier molecular flexibility index (Phi) is 4.07. The summed E-state index contributed by atoms with van der Waals surface area (Å²) >= 11 is 3.43. The third-order valence-electron chi connectivity index (χ3n) is 3.60. The minimum atomic E-state index is 0.157. The SMILES string of the molecule is Cc1cc(Br)ccc1C(=O)N1CCC(N(C)C)C1. The highest BCUT2D eigenvalue weighted by Crippen LogP contribution is 2.20. The van der Waals surface area contributed by atoms with Gasteiger partial charge in [0.1, 0.15) is 0 Å². The monoisotopic (exact) mass is 310 g/mol. The molecule has 1 fully saturated rings. The van der Waals surface area contributed by atoms with Crippen molar-refractivity contribution >= 4 is 21.8 Å². The van der Waals surface area contributed by atoms with Crippen molar-refractivity contribution in [3.8, 4) is 0 Å². The molecule has 98 valence electrons. The number of aryl methyl sites for hydroxylation is 1. The molecule has 1 aromatic rings. The number of benzene rings is 1. The van der Waals surface area contributed by atoms with Crippen LogP contribution in [0.25, 0.3) is 0 Å². The molecule has 1 saturated heterocycles. The molecule has 1 unspecified atom stereocenters. The molecule has 1 heterocycles. The van der Waals surface area contributed by atoms with Crippen LogP contribution >= 0.6 is 15.9 Å². The van der Waals surface area contributed by atoms with Crippen LogP contribution in [0.4, 0.5) is 0 Å². The number of hydrogen-bond acceptors (Lipinski definition) is 2. The summed E-state index contributed by atoms with van der Waals surface area (Å²) in [6, 6.07) is 6.32. The number of carbonyl (C=O) groups excluding carboxylic acids is 1. The Morgan fingerprint density at radius 2 is 2.17 bits per heavy atom. The molecule has 1 aliphatic heterocycles. The third kappa shape index (κ3) is 2.75. The van der Waals surface area contributed by atoms with Gasteiger partial charge in [0.2, 0.25) is 0 Å². The van der Waals surface area contributed by atoms with Gasteiger partial charge in [0.05, 0.1) is 0 Å². The Labute approximate surface area is 117 Å². The van der Waals surface area contributed by atoms with Gasteiger partial charge in [-0.25, -0.2) is 0 Å². The van der Waals surface area contributed by atoms with Gasteiger partial charge in [0.15, 0.2) is 0 Å². The number of amides is 1. The van der Waals surface area contributed by atoms with Crippen LogP contribution < -0.4 is 0 Å². The minimum absolute atomic E-state index is 0.157. The molecular formula is C14H19BrN2O. The minimum Gasteiger partial charge on any atom is -0.337 e. The predicted octanol–water partition coefficient (Wildman–Crippen LogP) is 2.53. The van der Waals surface area contributed by atoms with E-state index in [-0.39, 0.29) is 5.91 Å². The fourth-order valence-corrected chi connectivity index (χ4v) is 2.86. The Morgan fingerprint density at radius 1 is 1.44 bits per heavy atom. The van der Waals surface area contributed by atoms with Crippen LogP contribution in [0.15, 0.2) is 22.7 Å². The molecule has 0 N–H and O–H groups in total. The molecule has 0 radical (unpaired) electrons. The fourth-order valence-electron chi connectivity index (χ4n) is 2.39. The average Bonchev–Trinajstić information content (AvgIpc) is 2.77. The van der Waals surface area contributed by atoms with Gasteiger partial charge in [0, 0.05) is 29.2 Å². The van der Waals surface area contributed by atoms with E-state index in [4.69, 9.17) is 0 Å². The number of likely N-dealkylation sites (N-methyl/N-ethyl adjacent to an activating group) is 1. The van der Waals surface area contributed by atoms with E-state index in [0.29, 0.717) is 6.04 Å². The Morgan fingerprint density at radius 3 is 2.72 bits per heavy atom. The highest BCUT2D eigenvalue weighted by molar-refractivity contribution is 9.10. The molecule has 1 aliphatic rings. The van der Waals surface area contributed by atoms with E-state index in [0.717, 1.165) is 35.1 Å². The van der Waals surface area contributed by atoms with E-state index < -0.39 is 0 Å². The van der Waals surface area contributed by atoms with Crippen LogP contribution in [0.1, 0.15) is 22.3 Å². The van der Waals surface area contributed by atoms with Crippen LogP contribution in [-0.4, -0.2) is 48.9 Å². The van der Waals surface area contributed by atoms with Gasteiger partial charge in [-0.2, -0.15) is 0 Å². The molecule has 0 spiro atoms. The number of nitrogens with zero attached hydrogens (tertiary/aromatic N) is 2. The van der Waals surface area contributed by atoms with Gasteiger partial charge < -0.3 is 9.80 Å². The number of carbonyl (C=O) groups is 1. The van der Waals surface area contributed by atoms with Crippen LogP contribution in [0.3, 0.4) is 0 Å². The third-order valence-corrected chi connectivity index (χ3v) is 4.09. The lowest BCUT2D eigenvalue weighted by Crippen LogP contribution is -2.34. The van der Waals surface area contributed by atoms with Gasteiger partial charge in [-0.3, -0.25) is 4.79 Å². The average molecular weight is 311 g/mol. The molecule has 0 aliphatic carbocycles. The molecule has 0 saturated carbocycles. The van der Waals surface area contributed by atoms with Crippen LogP contribution in [0.5, 0.6) is 0 Å². The summed E-state index contributed by atoms with van der Waals surface area (Å²) in [5.41, 5.74) is 1.85. The first-order valence-corrected chi connectivity index (χ1v) is 7.00. The summed E-state index contributed by atoms with van der Waals surface area (Å²) in [4.78, 5) is 16.6. The first-order chi connectivity index (χ1) is 8.49. The second-order valence-corrected chi connectivity index (χ2v) is 6.03. The van der Waals surface area contributed by atoms with Crippen molar-refractivity contribution in [2.75, 3.05) is 27.2 Å². The maximum Gasteiger partial charge on any atom is 0.254 e. The molecule has 3 nitrogen and oxygen atoms in total. The van der Waals surface area contributed by atoms with Crippen LogP contribution in [0.2, 0.25) is 0 Å². The topological polar surface area (TPSA) is 23.6 Å². The number of hydrogen-bond donors (Lipinski definition) is 0. The zero-order chi connectivity index (χ0) is 13.3. The number of likely N-dealkylation sites (tertiary alicyclic amines) is 1. The first-order valence-electron chi connectivity index (χ1n) is 6.21. The lowest BCUT2D eigenvalue weighted by atomic mass is 10.1. The second kappa shape index (κ2) is 5.41. The molecule has 0 bridgehead atoms. The Hall–Kier alpha value is -0.870. The highest BCUT2D eigenvalue weighted by Gasteiger charge is 2.28. The van der Waals surface area contributed by atoms with E-state index in [1.54, 1.807) is 0 Å². The van der Waals surface area contributed by atoms with Crippen molar-refractivity contribution in [2.45, 2.75) is 19.4 Å². The molecule has 1 amide bonds. The van der Waals surface area contributed by atoms with Crippen LogP contribution in [-0.2, 0) is 0 Å². The Bertz CT molecular complexity index is 459. The van der Waals surface area contributed by atoms with Crippen molar-refractivity contribution in [3.05, 3.63) is 33.8 Å². The van der Waals surface area contributed by atoms with Crippen molar-refractivity contribution in [1.29, 1.82) is 0 Å². The molecule has 1 aromatic carbocycles. The van der Waals surface area contributed by atoms with E-state index in [1.165, 1.54) is 0 Å². The van der Waals surface area contributed by atoms with E-state index in [9.17, 15) is 4.79 Å². The van der Waals surface area contributed by atoms with Crippen molar-refractivity contribution in [2.24, 2.45) is 0 Å². The summed E-state index contributed by atoms with van der Waals surface area (Å²) < 4.78 is 1.02. The molecule has 0 aromatic heterocycles. The zero-order valence-electron chi connectivity index (χ0n) is 11.1. The zero-order valence-corrected chi connectivity index (χ0v) is 12.7. The first kappa shape index (κ1) is 13.6. The standard InChI is InChI=1S/C14H19BrN2O/c1-10-8-11(15)4-5-13(10)14(18)17-7-6-12(9-17)16(2)3/h4-5,8,12H,6-7,9H2,1-3H3. The summed E-state index contributed by atoms with van der Waals surface area (Å²) in [5.74, 6) is 0.157. The Balaban J connectivity index is 2.13. The molecule has 1 atom stereocenters. The van der Waals surface area contributed by atoms with Crippen molar-refractivity contribution in [3.63, 3.8) is 0 Å². The summed E-state index contributed by atoms with van der Waals surface area (Å²) in [7, 11) is 4.15.